The molecule has 1 N–H and O–H groups in total. The number of alkyl halides is 1. The van der Waals surface area contributed by atoms with Gasteiger partial charge in [-0.15, -0.1) is 0 Å². The predicted molar refractivity (Wildman–Crippen MR) is 69.1 cm³/mol. The molecular weight excluding hydrogens is 268 g/mol. The summed E-state index contributed by atoms with van der Waals surface area (Å²) in [6, 6.07) is 8.53. The Morgan fingerprint density at radius 1 is 1.31 bits per heavy atom. The van der Waals surface area contributed by atoms with Crippen LogP contribution in [0.2, 0.25) is 0 Å². The van der Waals surface area contributed by atoms with E-state index in [1.165, 1.54) is 11.1 Å². The standard InChI is InChI=1S/C13H17BrO2/c1-2-10-6-8-11(9-7-10)4-3-5-12(14)13(15)16/h6-9,12H,2-5H2,1H3,(H,15,16). The molecule has 0 saturated carbocycles. The van der Waals surface area contributed by atoms with Crippen molar-refractivity contribution < 1.29 is 9.90 Å². The minimum absolute atomic E-state index is 0.414. The average molecular weight is 285 g/mol. The maximum atomic E-state index is 10.6. The second-order valence-electron chi connectivity index (χ2n) is 3.87. The van der Waals surface area contributed by atoms with Crippen molar-refractivity contribution in [2.24, 2.45) is 0 Å². The van der Waals surface area contributed by atoms with Gasteiger partial charge in [-0.2, -0.15) is 0 Å². The van der Waals surface area contributed by atoms with E-state index in [2.05, 4.69) is 47.1 Å². The first-order valence-electron chi connectivity index (χ1n) is 5.58. The number of hydrogen-bond acceptors (Lipinski definition) is 1. The minimum atomic E-state index is -0.777. The van der Waals surface area contributed by atoms with Crippen LogP contribution in [0.5, 0.6) is 0 Å². The third-order valence-corrected chi connectivity index (χ3v) is 3.47. The van der Waals surface area contributed by atoms with Crippen LogP contribution in [0.15, 0.2) is 24.3 Å². The molecule has 0 aliphatic carbocycles. The third-order valence-electron chi connectivity index (χ3n) is 2.62. The zero-order chi connectivity index (χ0) is 12.0. The highest BCUT2D eigenvalue weighted by Crippen LogP contribution is 2.13. The van der Waals surface area contributed by atoms with Crippen LogP contribution in [0.25, 0.3) is 0 Å². The van der Waals surface area contributed by atoms with Crippen LogP contribution in [-0.4, -0.2) is 15.9 Å². The Morgan fingerprint density at radius 3 is 2.38 bits per heavy atom. The van der Waals surface area contributed by atoms with Crippen LogP contribution >= 0.6 is 15.9 Å². The Bertz CT molecular complexity index is 332. The lowest BCUT2D eigenvalue weighted by molar-refractivity contribution is -0.136. The van der Waals surface area contributed by atoms with Gasteiger partial charge in [-0.3, -0.25) is 4.79 Å². The molecule has 0 aliphatic rings. The highest BCUT2D eigenvalue weighted by atomic mass is 79.9. The molecule has 0 amide bonds. The van der Waals surface area contributed by atoms with Crippen LogP contribution in [0, 0.1) is 0 Å². The molecule has 1 aromatic rings. The zero-order valence-electron chi connectivity index (χ0n) is 9.45. The van der Waals surface area contributed by atoms with Crippen molar-refractivity contribution in [3.8, 4) is 0 Å². The summed E-state index contributed by atoms with van der Waals surface area (Å²) in [5.74, 6) is -0.777. The van der Waals surface area contributed by atoms with E-state index in [9.17, 15) is 4.79 Å². The molecule has 1 aromatic carbocycles. The van der Waals surface area contributed by atoms with E-state index in [1.54, 1.807) is 0 Å². The topological polar surface area (TPSA) is 37.3 Å². The second-order valence-corrected chi connectivity index (χ2v) is 4.97. The highest BCUT2D eigenvalue weighted by Gasteiger charge is 2.11. The number of carboxylic acid groups (broad SMARTS) is 1. The second kappa shape index (κ2) is 6.69. The van der Waals surface area contributed by atoms with E-state index >= 15 is 0 Å². The van der Waals surface area contributed by atoms with Gasteiger partial charge < -0.3 is 5.11 Å². The Morgan fingerprint density at radius 2 is 1.88 bits per heavy atom. The van der Waals surface area contributed by atoms with E-state index in [1.807, 2.05) is 0 Å². The van der Waals surface area contributed by atoms with Gasteiger partial charge >= 0.3 is 5.97 Å². The third kappa shape index (κ3) is 4.35. The van der Waals surface area contributed by atoms with Gasteiger partial charge in [0, 0.05) is 0 Å². The monoisotopic (exact) mass is 284 g/mol. The Balaban J connectivity index is 2.34. The molecule has 0 aliphatic heterocycles. The first-order chi connectivity index (χ1) is 7.63. The number of aryl methyl sites for hydroxylation is 2. The van der Waals surface area contributed by atoms with Gasteiger partial charge in [0.05, 0.1) is 0 Å². The van der Waals surface area contributed by atoms with Gasteiger partial charge in [0.15, 0.2) is 0 Å². The number of halogens is 1. The predicted octanol–water partition coefficient (Wildman–Crippen LogP) is 3.42. The van der Waals surface area contributed by atoms with Crippen LogP contribution in [-0.2, 0) is 17.6 Å². The Kier molecular flexibility index (Phi) is 5.53. The maximum Gasteiger partial charge on any atom is 0.317 e. The molecule has 88 valence electrons. The summed E-state index contributed by atoms with van der Waals surface area (Å²) in [4.78, 5) is 10.2. The smallest absolute Gasteiger partial charge is 0.317 e. The lowest BCUT2D eigenvalue weighted by Crippen LogP contribution is -2.12. The van der Waals surface area contributed by atoms with E-state index in [4.69, 9.17) is 5.11 Å². The summed E-state index contributed by atoms with van der Waals surface area (Å²) in [5.41, 5.74) is 2.62. The molecule has 0 fully saturated rings. The fourth-order valence-corrected chi connectivity index (χ4v) is 1.87. The number of aliphatic carboxylic acids is 1. The summed E-state index contributed by atoms with van der Waals surface area (Å²) in [5, 5.41) is 8.70. The molecule has 0 aromatic heterocycles. The van der Waals surface area contributed by atoms with Crippen LogP contribution in [0.1, 0.15) is 30.9 Å². The van der Waals surface area contributed by atoms with Crippen LogP contribution in [0.3, 0.4) is 0 Å². The van der Waals surface area contributed by atoms with Crippen molar-refractivity contribution in [2.75, 3.05) is 0 Å². The van der Waals surface area contributed by atoms with Crippen LogP contribution < -0.4 is 0 Å². The number of hydrogen-bond donors (Lipinski definition) is 1. The van der Waals surface area contributed by atoms with Crippen LogP contribution in [0.4, 0.5) is 0 Å². The van der Waals surface area contributed by atoms with E-state index in [-0.39, 0.29) is 0 Å². The molecule has 0 bridgehead atoms. The van der Waals surface area contributed by atoms with Gasteiger partial charge in [-0.1, -0.05) is 47.1 Å². The fraction of sp³-hybridized carbons (Fsp3) is 0.462. The Labute approximate surface area is 105 Å². The summed E-state index contributed by atoms with van der Waals surface area (Å²) >= 11 is 3.14. The SMILES string of the molecule is CCc1ccc(CCCC(Br)C(=O)O)cc1. The number of carbonyl (C=O) groups is 1. The maximum absolute atomic E-state index is 10.6. The quantitative estimate of drug-likeness (QED) is 0.813. The molecule has 0 heterocycles. The lowest BCUT2D eigenvalue weighted by atomic mass is 10.0. The summed E-state index contributed by atoms with van der Waals surface area (Å²) in [6.07, 6.45) is 3.57. The summed E-state index contributed by atoms with van der Waals surface area (Å²) in [6.45, 7) is 2.14. The summed E-state index contributed by atoms with van der Waals surface area (Å²) in [7, 11) is 0. The van der Waals surface area contributed by atoms with Crippen molar-refractivity contribution in [1.29, 1.82) is 0 Å². The van der Waals surface area contributed by atoms with Crippen molar-refractivity contribution >= 4 is 21.9 Å². The van der Waals surface area contributed by atoms with Gasteiger partial charge in [-0.05, 0) is 36.8 Å². The van der Waals surface area contributed by atoms with Crippen molar-refractivity contribution in [3.05, 3.63) is 35.4 Å². The average Bonchev–Trinajstić information content (AvgIpc) is 2.29. The molecule has 0 spiro atoms. The molecule has 1 unspecified atom stereocenters. The molecule has 0 saturated heterocycles. The van der Waals surface area contributed by atoms with Crippen molar-refractivity contribution in [1.82, 2.24) is 0 Å². The lowest BCUT2D eigenvalue weighted by Gasteiger charge is -2.05. The number of benzene rings is 1. The number of carboxylic acids is 1. The first-order valence-corrected chi connectivity index (χ1v) is 6.49. The molecular formula is C13H17BrO2. The minimum Gasteiger partial charge on any atom is -0.480 e. The molecule has 0 radical (unpaired) electrons. The van der Waals surface area contributed by atoms with E-state index in [0.717, 1.165) is 19.3 Å². The number of rotatable bonds is 6. The van der Waals surface area contributed by atoms with Crippen molar-refractivity contribution in [2.45, 2.75) is 37.4 Å². The van der Waals surface area contributed by atoms with Gasteiger partial charge in [0.1, 0.15) is 4.83 Å². The van der Waals surface area contributed by atoms with Gasteiger partial charge in [0.25, 0.3) is 0 Å². The largest absolute Gasteiger partial charge is 0.480 e. The normalized spacial score (nSPS) is 12.4. The highest BCUT2D eigenvalue weighted by molar-refractivity contribution is 9.10. The fourth-order valence-electron chi connectivity index (χ4n) is 1.55. The zero-order valence-corrected chi connectivity index (χ0v) is 11.0. The van der Waals surface area contributed by atoms with E-state index < -0.39 is 10.8 Å². The first kappa shape index (κ1) is 13.2. The molecule has 1 rings (SSSR count). The molecule has 16 heavy (non-hydrogen) atoms. The van der Waals surface area contributed by atoms with Gasteiger partial charge in [-0.25, -0.2) is 0 Å². The molecule has 3 heteroatoms. The van der Waals surface area contributed by atoms with Gasteiger partial charge in [0.2, 0.25) is 0 Å². The van der Waals surface area contributed by atoms with Crippen molar-refractivity contribution in [3.63, 3.8) is 0 Å². The Hall–Kier alpha value is -0.830. The molecule has 1 atom stereocenters. The summed E-state index contributed by atoms with van der Waals surface area (Å²) < 4.78 is 0. The van der Waals surface area contributed by atoms with E-state index in [0.29, 0.717) is 6.42 Å². The molecule has 2 nitrogen and oxygen atoms in total.